The van der Waals surface area contributed by atoms with Crippen molar-refractivity contribution in [2.45, 2.75) is 26.7 Å². The fraction of sp³-hybridized carbons (Fsp3) is 0.462. The Kier molecular flexibility index (Phi) is 2.74. The Labute approximate surface area is 104 Å². The van der Waals surface area contributed by atoms with Gasteiger partial charge in [0, 0.05) is 22.3 Å². The minimum atomic E-state index is -1.10. The lowest BCUT2D eigenvalue weighted by Crippen LogP contribution is -2.25. The Bertz CT molecular complexity index is 538. The zero-order valence-electron chi connectivity index (χ0n) is 10.2. The van der Waals surface area contributed by atoms with Crippen molar-refractivity contribution in [3.8, 4) is 0 Å². The maximum absolute atomic E-state index is 12.1. The summed E-state index contributed by atoms with van der Waals surface area (Å²) < 4.78 is 0. The molecule has 2 aliphatic rings. The van der Waals surface area contributed by atoms with Gasteiger partial charge in [-0.2, -0.15) is 0 Å². The predicted octanol–water partition coefficient (Wildman–Crippen LogP) is 0.628. The van der Waals surface area contributed by atoms with E-state index in [1.165, 1.54) is 13.8 Å². The van der Waals surface area contributed by atoms with E-state index in [9.17, 15) is 14.4 Å². The highest BCUT2D eigenvalue weighted by Crippen LogP contribution is 2.46. The molecule has 0 heterocycles. The van der Waals surface area contributed by atoms with Crippen LogP contribution in [0, 0.1) is 5.41 Å². The highest BCUT2D eigenvalue weighted by atomic mass is 16.4. The first kappa shape index (κ1) is 12.7. The second-order valence-corrected chi connectivity index (χ2v) is 5.10. The monoisotopic (exact) mass is 250 g/mol. The van der Waals surface area contributed by atoms with Crippen LogP contribution in [0.15, 0.2) is 22.3 Å². The van der Waals surface area contributed by atoms with Crippen molar-refractivity contribution in [1.29, 1.82) is 0 Å². The largest absolute Gasteiger partial charge is 0.481 e. The summed E-state index contributed by atoms with van der Waals surface area (Å²) in [4.78, 5) is 35.3. The molecule has 0 radical (unpaired) electrons. The highest BCUT2D eigenvalue weighted by molar-refractivity contribution is 6.26. The summed E-state index contributed by atoms with van der Waals surface area (Å²) in [6.45, 7) is 2.53. The van der Waals surface area contributed by atoms with Gasteiger partial charge >= 0.3 is 5.97 Å². The van der Waals surface area contributed by atoms with E-state index in [0.29, 0.717) is 5.57 Å². The molecule has 0 saturated heterocycles. The molecule has 1 unspecified atom stereocenters. The van der Waals surface area contributed by atoms with Crippen LogP contribution in [0.1, 0.15) is 26.7 Å². The van der Waals surface area contributed by atoms with Gasteiger partial charge in [0.15, 0.2) is 11.6 Å². The summed E-state index contributed by atoms with van der Waals surface area (Å²) in [5.74, 6) is -1.70. The molecule has 1 atom stereocenters. The molecule has 2 rings (SSSR count). The van der Waals surface area contributed by atoms with E-state index >= 15 is 0 Å². The molecule has 0 aromatic rings. The number of carbonyl (C=O) groups excluding carboxylic acids is 2. The van der Waals surface area contributed by atoms with E-state index in [1.807, 2.05) is 0 Å². The van der Waals surface area contributed by atoms with E-state index in [2.05, 4.69) is 0 Å². The van der Waals surface area contributed by atoms with Gasteiger partial charge in [0.25, 0.3) is 0 Å². The highest BCUT2D eigenvalue weighted by Gasteiger charge is 2.47. The Morgan fingerprint density at radius 3 is 2.17 bits per heavy atom. The third-order valence-corrected chi connectivity index (χ3v) is 3.79. The number of carboxylic acids is 1. The minimum absolute atomic E-state index is 0.0546. The van der Waals surface area contributed by atoms with Crippen LogP contribution in [0.3, 0.4) is 0 Å². The van der Waals surface area contributed by atoms with Gasteiger partial charge < -0.3 is 10.2 Å². The van der Waals surface area contributed by atoms with Crippen LogP contribution in [0.5, 0.6) is 0 Å². The molecule has 2 N–H and O–H groups in total. The van der Waals surface area contributed by atoms with Gasteiger partial charge in [0.1, 0.15) is 0 Å². The number of carboxylic acid groups (broad SMARTS) is 1. The van der Waals surface area contributed by atoms with Crippen molar-refractivity contribution in [2.75, 3.05) is 6.61 Å². The van der Waals surface area contributed by atoms with Crippen LogP contribution in [0.2, 0.25) is 0 Å². The van der Waals surface area contributed by atoms with E-state index in [-0.39, 0.29) is 41.1 Å². The van der Waals surface area contributed by atoms with E-state index < -0.39 is 18.0 Å². The number of aliphatic hydroxyl groups is 1. The van der Waals surface area contributed by atoms with Gasteiger partial charge in [-0.25, -0.2) is 0 Å². The minimum Gasteiger partial charge on any atom is -0.481 e. The Morgan fingerprint density at radius 1 is 1.22 bits per heavy atom. The molecule has 0 fully saturated rings. The summed E-state index contributed by atoms with van der Waals surface area (Å²) in [5, 5.41) is 18.3. The summed E-state index contributed by atoms with van der Waals surface area (Å²) >= 11 is 0. The fourth-order valence-electron chi connectivity index (χ4n) is 2.55. The zero-order valence-corrected chi connectivity index (χ0v) is 10.2. The van der Waals surface area contributed by atoms with Gasteiger partial charge in [-0.15, -0.1) is 0 Å². The first-order valence-corrected chi connectivity index (χ1v) is 5.67. The molecule has 18 heavy (non-hydrogen) atoms. The van der Waals surface area contributed by atoms with Crippen LogP contribution in [-0.2, 0) is 14.4 Å². The smallest absolute Gasteiger partial charge is 0.310 e. The maximum atomic E-state index is 12.1. The van der Waals surface area contributed by atoms with Crippen molar-refractivity contribution >= 4 is 17.5 Å². The normalized spacial score (nSPS) is 27.9. The Morgan fingerprint density at radius 2 is 1.72 bits per heavy atom. The number of rotatable bonds is 2. The zero-order chi connectivity index (χ0) is 13.7. The second kappa shape index (κ2) is 3.88. The van der Waals surface area contributed by atoms with Crippen molar-refractivity contribution in [1.82, 2.24) is 0 Å². The lowest BCUT2D eigenvalue weighted by molar-refractivity contribution is -0.147. The van der Waals surface area contributed by atoms with Gasteiger partial charge in [-0.05, 0) is 26.7 Å². The summed E-state index contributed by atoms with van der Waals surface area (Å²) in [6.07, 6.45) is 0.136. The number of allylic oxidation sites excluding steroid dienone is 3. The molecule has 0 aliphatic heterocycles. The van der Waals surface area contributed by atoms with Crippen molar-refractivity contribution in [2.24, 2.45) is 5.41 Å². The molecule has 0 aromatic heterocycles. The molecular weight excluding hydrogens is 236 g/mol. The fourth-order valence-corrected chi connectivity index (χ4v) is 2.55. The lowest BCUT2D eigenvalue weighted by atomic mass is 9.86. The number of hydrogen-bond acceptors (Lipinski definition) is 4. The molecule has 0 saturated carbocycles. The molecule has 0 spiro atoms. The molecule has 2 aliphatic carbocycles. The van der Waals surface area contributed by atoms with Crippen LogP contribution < -0.4 is 0 Å². The number of aliphatic hydroxyl groups excluding tert-OH is 1. The molecule has 5 heteroatoms. The average Bonchev–Trinajstić information content (AvgIpc) is 2.67. The first-order chi connectivity index (χ1) is 8.31. The Balaban J connectivity index is 2.45. The predicted molar refractivity (Wildman–Crippen MR) is 61.8 cm³/mol. The molecule has 0 bridgehead atoms. The van der Waals surface area contributed by atoms with Gasteiger partial charge in [-0.1, -0.05) is 0 Å². The van der Waals surface area contributed by atoms with Gasteiger partial charge in [-0.3, -0.25) is 14.4 Å². The van der Waals surface area contributed by atoms with Crippen molar-refractivity contribution < 1.29 is 24.6 Å². The third-order valence-electron chi connectivity index (χ3n) is 3.79. The van der Waals surface area contributed by atoms with E-state index in [4.69, 9.17) is 10.2 Å². The van der Waals surface area contributed by atoms with Crippen LogP contribution in [-0.4, -0.2) is 34.4 Å². The average molecular weight is 250 g/mol. The van der Waals surface area contributed by atoms with Crippen molar-refractivity contribution in [3.63, 3.8) is 0 Å². The topological polar surface area (TPSA) is 91.7 Å². The number of hydrogen-bond donors (Lipinski definition) is 2. The van der Waals surface area contributed by atoms with Crippen molar-refractivity contribution in [3.05, 3.63) is 22.3 Å². The van der Waals surface area contributed by atoms with E-state index in [0.717, 1.165) is 0 Å². The standard InChI is InChI=1S/C13H14O5/c1-6-9(5-14)11(16)8-4-13(2,12(17)18)3-7(8)10(6)15/h14H,3-5H2,1-2H3,(H,17,18). The molecule has 0 amide bonds. The molecule has 96 valence electrons. The molecule has 0 aromatic carbocycles. The number of aliphatic carboxylic acids is 1. The number of Topliss-reactive ketones (excluding diaryl/α,β-unsaturated/α-hetero) is 2. The molecule has 5 nitrogen and oxygen atoms in total. The maximum Gasteiger partial charge on any atom is 0.310 e. The van der Waals surface area contributed by atoms with Gasteiger partial charge in [0.05, 0.1) is 12.0 Å². The van der Waals surface area contributed by atoms with Crippen LogP contribution in [0.4, 0.5) is 0 Å². The lowest BCUT2D eigenvalue weighted by Gasteiger charge is -2.17. The van der Waals surface area contributed by atoms with E-state index in [1.54, 1.807) is 0 Å². The second-order valence-electron chi connectivity index (χ2n) is 5.10. The number of ketones is 2. The molecular formula is C13H14O5. The quantitative estimate of drug-likeness (QED) is 0.701. The van der Waals surface area contributed by atoms with Crippen LogP contribution in [0.25, 0.3) is 0 Å². The van der Waals surface area contributed by atoms with Gasteiger partial charge in [0.2, 0.25) is 0 Å². The van der Waals surface area contributed by atoms with Crippen LogP contribution >= 0.6 is 0 Å². The Hall–Kier alpha value is -1.75. The summed E-state index contributed by atoms with van der Waals surface area (Å²) in [7, 11) is 0. The first-order valence-electron chi connectivity index (χ1n) is 5.67. The number of carbonyl (C=O) groups is 3. The SMILES string of the molecule is CC1=C(CO)C(=O)C2=C(CC(C)(C(=O)O)C2)C1=O. The third kappa shape index (κ3) is 1.54. The summed E-state index contributed by atoms with van der Waals surface area (Å²) in [5.41, 5.74) is -0.204. The summed E-state index contributed by atoms with van der Waals surface area (Å²) in [6, 6.07) is 0.